The fraction of sp³-hybridized carbons (Fsp3) is 0.621. The van der Waals surface area contributed by atoms with Crippen LogP contribution in [-0.2, 0) is 23.9 Å². The third-order valence-electron chi connectivity index (χ3n) is 8.27. The summed E-state index contributed by atoms with van der Waals surface area (Å²) in [7, 11) is 0. The number of hydrogen-bond donors (Lipinski definition) is 1. The largest absolute Gasteiger partial charge is 0.466 e. The lowest BCUT2D eigenvalue weighted by molar-refractivity contribution is -0.154. The Bertz CT molecular complexity index is 1030. The van der Waals surface area contributed by atoms with Gasteiger partial charge >= 0.3 is 5.97 Å². The van der Waals surface area contributed by atoms with Crippen LogP contribution in [0.1, 0.15) is 46.5 Å². The molecule has 3 saturated heterocycles. The standard InChI is InChI=1S/C29H41N3O6/c1-5-17-31(21-13-11-20(12-14-21)30(6-2)7-3)27(35)25-29-16-15-22(38-29)23(28(36)37-8-4)24(29)26(34)32(25)18-9-10-19-33/h5,11-14,22-25,33H,1,6-10,15-19H2,2-4H3/t22-,23+,24+,25-,29+/m1/s1. The van der Waals surface area contributed by atoms with Crippen LogP contribution in [-0.4, -0.2) is 84.9 Å². The number of ether oxygens (including phenoxy) is 2. The average Bonchev–Trinajstić information content (AvgIpc) is 3.56. The quantitative estimate of drug-likeness (QED) is 0.239. The van der Waals surface area contributed by atoms with E-state index in [1.165, 1.54) is 0 Å². The number of fused-ring (bicyclic) bond motifs is 1. The molecule has 4 rings (SSSR count). The number of nitrogens with zero attached hydrogens (tertiary/aromatic N) is 3. The Morgan fingerprint density at radius 3 is 2.47 bits per heavy atom. The molecule has 9 nitrogen and oxygen atoms in total. The Kier molecular flexibility index (Phi) is 8.78. The van der Waals surface area contributed by atoms with E-state index in [-0.39, 0.29) is 31.6 Å². The van der Waals surface area contributed by atoms with Gasteiger partial charge < -0.3 is 29.3 Å². The van der Waals surface area contributed by atoms with Crippen LogP contribution in [0, 0.1) is 11.8 Å². The second-order valence-corrected chi connectivity index (χ2v) is 10.2. The number of aliphatic hydroxyl groups excluding tert-OH is 1. The molecule has 3 heterocycles. The maximum Gasteiger partial charge on any atom is 0.312 e. The van der Waals surface area contributed by atoms with Crippen molar-refractivity contribution in [2.45, 2.75) is 64.2 Å². The second-order valence-electron chi connectivity index (χ2n) is 10.2. The van der Waals surface area contributed by atoms with Crippen molar-refractivity contribution in [3.05, 3.63) is 36.9 Å². The van der Waals surface area contributed by atoms with Gasteiger partial charge in [-0.2, -0.15) is 0 Å². The van der Waals surface area contributed by atoms with E-state index < -0.39 is 35.6 Å². The maximum atomic E-state index is 14.4. The van der Waals surface area contributed by atoms with Gasteiger partial charge in [-0.05, 0) is 70.7 Å². The number of amides is 2. The minimum atomic E-state index is -1.07. The fourth-order valence-corrected chi connectivity index (χ4v) is 6.60. The molecule has 0 radical (unpaired) electrons. The second kappa shape index (κ2) is 11.9. The first-order chi connectivity index (χ1) is 18.4. The zero-order valence-corrected chi connectivity index (χ0v) is 22.8. The zero-order chi connectivity index (χ0) is 27.4. The number of carbonyl (C=O) groups excluding carboxylic acids is 3. The van der Waals surface area contributed by atoms with Gasteiger partial charge in [0.15, 0.2) is 0 Å². The molecule has 3 fully saturated rings. The van der Waals surface area contributed by atoms with Crippen LogP contribution in [0.2, 0.25) is 0 Å². The van der Waals surface area contributed by atoms with E-state index in [1.54, 1.807) is 22.8 Å². The van der Waals surface area contributed by atoms with Gasteiger partial charge in [-0.1, -0.05) is 6.08 Å². The smallest absolute Gasteiger partial charge is 0.312 e. The van der Waals surface area contributed by atoms with Crippen LogP contribution in [0.5, 0.6) is 0 Å². The van der Waals surface area contributed by atoms with Crippen molar-refractivity contribution in [2.24, 2.45) is 11.8 Å². The number of unbranched alkanes of at least 4 members (excludes halogenated alkanes) is 1. The van der Waals surface area contributed by atoms with Crippen molar-refractivity contribution in [1.82, 2.24) is 4.90 Å². The highest BCUT2D eigenvalue weighted by atomic mass is 16.6. The summed E-state index contributed by atoms with van der Waals surface area (Å²) < 4.78 is 11.8. The molecule has 3 aliphatic heterocycles. The molecule has 2 amide bonds. The van der Waals surface area contributed by atoms with E-state index in [1.807, 2.05) is 24.3 Å². The highest BCUT2D eigenvalue weighted by molar-refractivity contribution is 6.04. The number of esters is 1. The van der Waals surface area contributed by atoms with E-state index >= 15 is 0 Å². The van der Waals surface area contributed by atoms with Gasteiger partial charge in [0.25, 0.3) is 5.91 Å². The van der Waals surface area contributed by atoms with Crippen molar-refractivity contribution < 1.29 is 29.0 Å². The lowest BCUT2D eigenvalue weighted by Crippen LogP contribution is -2.56. The SMILES string of the molecule is C=CCN(C(=O)[C@H]1N(CCCCO)C(=O)[C@@H]2[C@@H](C(=O)OCC)[C@H]3CC[C@]21O3)c1ccc(N(CC)CC)cc1. The van der Waals surface area contributed by atoms with Crippen LogP contribution in [0.25, 0.3) is 0 Å². The van der Waals surface area contributed by atoms with Crippen LogP contribution in [0.3, 0.4) is 0 Å². The first-order valence-corrected chi connectivity index (χ1v) is 13.9. The van der Waals surface area contributed by atoms with Gasteiger partial charge in [-0.3, -0.25) is 14.4 Å². The van der Waals surface area contributed by atoms with E-state index in [0.717, 1.165) is 18.8 Å². The number of likely N-dealkylation sites (tertiary alicyclic amines) is 1. The molecule has 0 aromatic heterocycles. The maximum absolute atomic E-state index is 14.4. The number of carbonyl (C=O) groups is 3. The van der Waals surface area contributed by atoms with Gasteiger partial charge in [0.1, 0.15) is 11.6 Å². The molecule has 38 heavy (non-hydrogen) atoms. The van der Waals surface area contributed by atoms with Crippen molar-refractivity contribution in [1.29, 1.82) is 0 Å². The van der Waals surface area contributed by atoms with Crippen LogP contribution in [0.4, 0.5) is 11.4 Å². The topological polar surface area (TPSA) is 99.6 Å². The predicted molar refractivity (Wildman–Crippen MR) is 145 cm³/mol. The summed E-state index contributed by atoms with van der Waals surface area (Å²) >= 11 is 0. The molecule has 1 aromatic carbocycles. The van der Waals surface area contributed by atoms with Gasteiger partial charge in [0, 0.05) is 44.2 Å². The molecule has 2 bridgehead atoms. The van der Waals surface area contributed by atoms with Crippen LogP contribution >= 0.6 is 0 Å². The monoisotopic (exact) mass is 527 g/mol. The summed E-state index contributed by atoms with van der Waals surface area (Å²) in [6.45, 7) is 12.4. The summed E-state index contributed by atoms with van der Waals surface area (Å²) in [5, 5.41) is 9.34. The van der Waals surface area contributed by atoms with Crippen molar-refractivity contribution in [2.75, 3.05) is 49.2 Å². The number of aliphatic hydroxyl groups is 1. The summed E-state index contributed by atoms with van der Waals surface area (Å²) in [6.07, 6.45) is 3.42. The molecule has 1 N–H and O–H groups in total. The van der Waals surface area contributed by atoms with Crippen molar-refractivity contribution in [3.8, 4) is 0 Å². The van der Waals surface area contributed by atoms with Crippen molar-refractivity contribution >= 4 is 29.2 Å². The Labute approximate surface area is 225 Å². The molecular formula is C29H41N3O6. The van der Waals surface area contributed by atoms with Gasteiger partial charge in [0.2, 0.25) is 5.91 Å². The number of hydrogen-bond acceptors (Lipinski definition) is 7. The zero-order valence-electron chi connectivity index (χ0n) is 22.8. The Morgan fingerprint density at radius 2 is 1.87 bits per heavy atom. The molecule has 0 aliphatic carbocycles. The molecular weight excluding hydrogens is 486 g/mol. The normalized spacial score (nSPS) is 27.4. The van der Waals surface area contributed by atoms with Gasteiger partial charge in [-0.25, -0.2) is 0 Å². The molecule has 1 aromatic rings. The minimum Gasteiger partial charge on any atom is -0.466 e. The molecule has 3 aliphatic rings. The third-order valence-corrected chi connectivity index (χ3v) is 8.27. The third kappa shape index (κ3) is 4.71. The fourth-order valence-electron chi connectivity index (χ4n) is 6.60. The highest BCUT2D eigenvalue weighted by Crippen LogP contribution is 2.59. The lowest BCUT2D eigenvalue weighted by Gasteiger charge is -2.37. The van der Waals surface area contributed by atoms with Gasteiger partial charge in [-0.15, -0.1) is 6.58 Å². The summed E-state index contributed by atoms with van der Waals surface area (Å²) in [4.78, 5) is 46.7. The Morgan fingerprint density at radius 1 is 1.18 bits per heavy atom. The molecule has 0 saturated carbocycles. The predicted octanol–water partition coefficient (Wildman–Crippen LogP) is 2.76. The average molecular weight is 528 g/mol. The van der Waals surface area contributed by atoms with Crippen LogP contribution in [0.15, 0.2) is 36.9 Å². The molecule has 208 valence electrons. The minimum absolute atomic E-state index is 0.000710. The van der Waals surface area contributed by atoms with Crippen LogP contribution < -0.4 is 9.80 Å². The lowest BCUT2D eigenvalue weighted by atomic mass is 9.70. The number of anilines is 2. The van der Waals surface area contributed by atoms with Crippen molar-refractivity contribution in [3.63, 3.8) is 0 Å². The van der Waals surface area contributed by atoms with E-state index in [0.29, 0.717) is 37.9 Å². The Balaban J connectivity index is 1.71. The summed E-state index contributed by atoms with van der Waals surface area (Å²) in [5.41, 5.74) is 0.707. The molecule has 1 spiro atoms. The van der Waals surface area contributed by atoms with E-state index in [9.17, 15) is 19.5 Å². The first kappa shape index (κ1) is 28.1. The Hall–Kier alpha value is -2.91. The van der Waals surface area contributed by atoms with E-state index in [4.69, 9.17) is 9.47 Å². The summed E-state index contributed by atoms with van der Waals surface area (Å²) in [5.74, 6) is -2.38. The first-order valence-electron chi connectivity index (χ1n) is 13.9. The molecule has 5 atom stereocenters. The molecule has 9 heteroatoms. The molecule has 0 unspecified atom stereocenters. The number of rotatable bonds is 13. The van der Waals surface area contributed by atoms with E-state index in [2.05, 4.69) is 25.3 Å². The number of benzene rings is 1. The van der Waals surface area contributed by atoms with Gasteiger partial charge in [0.05, 0.1) is 24.5 Å². The summed E-state index contributed by atoms with van der Waals surface area (Å²) in [6, 6.07) is 6.97. The highest BCUT2D eigenvalue weighted by Gasteiger charge is 2.75.